The van der Waals surface area contributed by atoms with Crippen LogP contribution >= 0.6 is 15.9 Å². The number of fused-ring (bicyclic) bond motifs is 1. The predicted molar refractivity (Wildman–Crippen MR) is 87.4 cm³/mol. The summed E-state index contributed by atoms with van der Waals surface area (Å²) in [6.45, 7) is 4.63. The van der Waals surface area contributed by atoms with Crippen molar-refractivity contribution in [3.8, 4) is 0 Å². The summed E-state index contributed by atoms with van der Waals surface area (Å²) in [5, 5.41) is 1.24. The average molecular weight is 337 g/mol. The molecule has 0 aliphatic rings. The van der Waals surface area contributed by atoms with Crippen LogP contribution in [0.3, 0.4) is 0 Å². The Kier molecular flexibility index (Phi) is 5.52. The van der Waals surface area contributed by atoms with E-state index in [9.17, 15) is 0 Å². The van der Waals surface area contributed by atoms with Gasteiger partial charge in [-0.2, -0.15) is 0 Å². The van der Waals surface area contributed by atoms with E-state index >= 15 is 0 Å². The smallest absolute Gasteiger partial charge is 0.0708 e. The maximum Gasteiger partial charge on any atom is 0.0708 e. The van der Waals surface area contributed by atoms with Crippen LogP contribution in [-0.2, 0) is 11.3 Å². The molecule has 0 saturated heterocycles. The van der Waals surface area contributed by atoms with Crippen LogP contribution in [0.2, 0.25) is 0 Å². The number of ether oxygens (including phenoxy) is 1. The lowest BCUT2D eigenvalue weighted by Gasteiger charge is -2.21. The summed E-state index contributed by atoms with van der Waals surface area (Å²) in [5.74, 6) is 0. The summed E-state index contributed by atoms with van der Waals surface area (Å²) in [4.78, 5) is 7.24. The summed E-state index contributed by atoms with van der Waals surface area (Å²) in [6.07, 6.45) is 0. The van der Waals surface area contributed by atoms with Crippen molar-refractivity contribution in [3.05, 3.63) is 41.6 Å². The number of aryl methyl sites for hydroxylation is 1. The second-order valence-electron chi connectivity index (χ2n) is 5.19. The Morgan fingerprint density at radius 2 is 2.10 bits per heavy atom. The Morgan fingerprint density at radius 1 is 1.35 bits per heavy atom. The van der Waals surface area contributed by atoms with E-state index in [0.717, 1.165) is 30.9 Å². The number of para-hydroxylation sites is 1. The number of rotatable bonds is 6. The molecule has 0 spiro atoms. The van der Waals surface area contributed by atoms with E-state index in [1.54, 1.807) is 7.11 Å². The molecule has 108 valence electrons. The van der Waals surface area contributed by atoms with E-state index in [1.165, 1.54) is 10.9 Å². The highest BCUT2D eigenvalue weighted by Gasteiger charge is 2.10. The number of aromatic nitrogens is 1. The van der Waals surface area contributed by atoms with Gasteiger partial charge in [-0.1, -0.05) is 34.1 Å². The molecular formula is C16H21BrN2O. The van der Waals surface area contributed by atoms with E-state index in [1.807, 2.05) is 13.0 Å². The summed E-state index contributed by atoms with van der Waals surface area (Å²) in [5.41, 5.74) is 3.47. The first-order chi connectivity index (χ1) is 9.60. The zero-order chi connectivity index (χ0) is 14.5. The number of methoxy groups -OCH3 is 1. The van der Waals surface area contributed by atoms with Gasteiger partial charge in [0, 0.05) is 31.3 Å². The molecule has 0 aliphatic heterocycles. The first-order valence-corrected chi connectivity index (χ1v) is 7.68. The number of alkyl halides is 1. The number of nitrogens with zero attached hydrogens (tertiary/aromatic N) is 2. The molecule has 1 aromatic heterocycles. The lowest BCUT2D eigenvalue weighted by molar-refractivity contribution is 0.185. The van der Waals surface area contributed by atoms with Gasteiger partial charge < -0.3 is 9.64 Å². The summed E-state index contributed by atoms with van der Waals surface area (Å²) in [6, 6.07) is 10.5. The summed E-state index contributed by atoms with van der Waals surface area (Å²) >= 11 is 3.64. The molecule has 1 heterocycles. The highest BCUT2D eigenvalue weighted by atomic mass is 79.9. The standard InChI is InChI=1S/C16H21BrN2O/c1-12-8-13(9-19(2)10-14(17)11-20-3)15-6-4-5-7-16(15)18-12/h4-8,14H,9-11H2,1-3H3. The van der Waals surface area contributed by atoms with Crippen LogP contribution in [0, 0.1) is 6.92 Å². The number of benzene rings is 1. The zero-order valence-corrected chi connectivity index (χ0v) is 13.9. The van der Waals surface area contributed by atoms with Crippen LogP contribution in [0.1, 0.15) is 11.3 Å². The Hall–Kier alpha value is -0.970. The Balaban J connectivity index is 2.16. The second kappa shape index (κ2) is 7.16. The largest absolute Gasteiger partial charge is 0.383 e. The van der Waals surface area contributed by atoms with Gasteiger partial charge in [0.1, 0.15) is 0 Å². The second-order valence-corrected chi connectivity index (χ2v) is 6.48. The van der Waals surface area contributed by atoms with Gasteiger partial charge in [-0.25, -0.2) is 0 Å². The van der Waals surface area contributed by atoms with E-state index in [0.29, 0.717) is 4.83 Å². The summed E-state index contributed by atoms with van der Waals surface area (Å²) in [7, 11) is 3.86. The number of hydrogen-bond donors (Lipinski definition) is 0. The quantitative estimate of drug-likeness (QED) is 0.756. The Labute approximate surface area is 129 Å². The first-order valence-electron chi connectivity index (χ1n) is 6.77. The molecule has 20 heavy (non-hydrogen) atoms. The van der Waals surface area contributed by atoms with Gasteiger partial charge in [0.2, 0.25) is 0 Å². The van der Waals surface area contributed by atoms with Gasteiger partial charge in [-0.05, 0) is 31.7 Å². The van der Waals surface area contributed by atoms with E-state index < -0.39 is 0 Å². The molecular weight excluding hydrogens is 316 g/mol. The fourth-order valence-electron chi connectivity index (χ4n) is 2.45. The van der Waals surface area contributed by atoms with Crippen molar-refractivity contribution in [2.75, 3.05) is 27.3 Å². The van der Waals surface area contributed by atoms with Crippen molar-refractivity contribution in [3.63, 3.8) is 0 Å². The van der Waals surface area contributed by atoms with Crippen LogP contribution in [-0.4, -0.2) is 42.0 Å². The number of hydrogen-bond acceptors (Lipinski definition) is 3. The number of halogens is 1. The van der Waals surface area contributed by atoms with Crippen molar-refractivity contribution in [2.45, 2.75) is 18.3 Å². The number of pyridine rings is 1. The normalized spacial score (nSPS) is 13.1. The molecule has 1 aromatic carbocycles. The molecule has 1 atom stereocenters. The van der Waals surface area contributed by atoms with E-state index in [4.69, 9.17) is 4.74 Å². The van der Waals surface area contributed by atoms with Crippen molar-refractivity contribution in [1.29, 1.82) is 0 Å². The SMILES string of the molecule is COCC(Br)CN(C)Cc1cc(C)nc2ccccc12. The van der Waals surface area contributed by atoms with Crippen molar-refractivity contribution in [2.24, 2.45) is 0 Å². The fraction of sp³-hybridized carbons (Fsp3) is 0.438. The van der Waals surface area contributed by atoms with Gasteiger partial charge in [-0.15, -0.1) is 0 Å². The Bertz CT molecular complexity index is 573. The monoisotopic (exact) mass is 336 g/mol. The lowest BCUT2D eigenvalue weighted by Crippen LogP contribution is -2.28. The molecule has 0 amide bonds. The molecule has 3 nitrogen and oxygen atoms in total. The lowest BCUT2D eigenvalue weighted by atomic mass is 10.1. The molecule has 2 aromatic rings. The molecule has 2 rings (SSSR count). The average Bonchev–Trinajstić information content (AvgIpc) is 2.38. The highest BCUT2D eigenvalue weighted by molar-refractivity contribution is 9.09. The van der Waals surface area contributed by atoms with Gasteiger partial charge >= 0.3 is 0 Å². The predicted octanol–water partition coefficient (Wildman–Crippen LogP) is 3.38. The third-order valence-corrected chi connectivity index (χ3v) is 3.78. The van der Waals surface area contributed by atoms with Gasteiger partial charge in [-0.3, -0.25) is 4.98 Å². The van der Waals surface area contributed by atoms with Gasteiger partial charge in [0.15, 0.2) is 0 Å². The van der Waals surface area contributed by atoms with E-state index in [-0.39, 0.29) is 0 Å². The van der Waals surface area contributed by atoms with Crippen LogP contribution in [0.15, 0.2) is 30.3 Å². The van der Waals surface area contributed by atoms with Crippen LogP contribution in [0.5, 0.6) is 0 Å². The third-order valence-electron chi connectivity index (χ3n) is 3.23. The highest BCUT2D eigenvalue weighted by Crippen LogP contribution is 2.19. The maximum atomic E-state index is 5.16. The molecule has 0 fully saturated rings. The van der Waals surface area contributed by atoms with Crippen LogP contribution in [0.25, 0.3) is 10.9 Å². The van der Waals surface area contributed by atoms with Crippen molar-refractivity contribution >= 4 is 26.8 Å². The minimum Gasteiger partial charge on any atom is -0.383 e. The van der Waals surface area contributed by atoms with Crippen LogP contribution in [0.4, 0.5) is 0 Å². The molecule has 0 saturated carbocycles. The Morgan fingerprint density at radius 3 is 2.85 bits per heavy atom. The topological polar surface area (TPSA) is 25.4 Å². The molecule has 0 radical (unpaired) electrons. The third kappa shape index (κ3) is 4.01. The minimum absolute atomic E-state index is 0.353. The molecule has 0 aliphatic carbocycles. The maximum absolute atomic E-state index is 5.16. The first kappa shape index (κ1) is 15.4. The van der Waals surface area contributed by atoms with E-state index in [2.05, 4.69) is 57.1 Å². The fourth-order valence-corrected chi connectivity index (χ4v) is 3.21. The van der Waals surface area contributed by atoms with Crippen molar-refractivity contribution in [1.82, 2.24) is 9.88 Å². The molecule has 0 N–H and O–H groups in total. The molecule has 0 bridgehead atoms. The van der Waals surface area contributed by atoms with Crippen LogP contribution < -0.4 is 0 Å². The summed E-state index contributed by atoms with van der Waals surface area (Å²) < 4.78 is 5.16. The van der Waals surface area contributed by atoms with Gasteiger partial charge in [0.25, 0.3) is 0 Å². The molecule has 4 heteroatoms. The van der Waals surface area contributed by atoms with Crippen molar-refractivity contribution < 1.29 is 4.74 Å². The minimum atomic E-state index is 0.353. The molecule has 1 unspecified atom stereocenters. The van der Waals surface area contributed by atoms with Gasteiger partial charge in [0.05, 0.1) is 17.0 Å². The zero-order valence-electron chi connectivity index (χ0n) is 12.3.